The van der Waals surface area contributed by atoms with Gasteiger partial charge in [-0.2, -0.15) is 0 Å². The number of para-hydroxylation sites is 1. The van der Waals surface area contributed by atoms with Gasteiger partial charge in [0.15, 0.2) is 10.3 Å². The third kappa shape index (κ3) is 6.58. The van der Waals surface area contributed by atoms with Gasteiger partial charge >= 0.3 is 0 Å². The highest BCUT2D eigenvalue weighted by molar-refractivity contribution is 7.99. The van der Waals surface area contributed by atoms with Gasteiger partial charge in [0.1, 0.15) is 0 Å². The van der Waals surface area contributed by atoms with Gasteiger partial charge in [-0.3, -0.25) is 19.0 Å². The largest absolute Gasteiger partial charge is 0.352 e. The zero-order valence-electron chi connectivity index (χ0n) is 19.9. The number of benzene rings is 2. The Morgan fingerprint density at radius 3 is 2.64 bits per heavy atom. The van der Waals surface area contributed by atoms with E-state index in [1.807, 2.05) is 18.2 Å². The van der Waals surface area contributed by atoms with Gasteiger partial charge in [0.05, 0.1) is 23.2 Å². The number of carbonyl (C=O) groups excluding carboxylic acids is 2. The van der Waals surface area contributed by atoms with E-state index in [0.717, 1.165) is 24.8 Å². The smallest absolute Gasteiger partial charge is 0.262 e. The standard InChI is InChI=1S/C26H27N5O3S2/c1-2-3-6-13-27-23(33)19-11-9-18(10-12-19)16-31-24(34)20-7-4-5-8-21(20)29-26(31)36-17-22(32)30-25-28-14-15-35-25/h4-5,7-12,14-15H,2-3,6,13,16-17H2,1H3,(H,27,33)(H,28,30,32). The molecule has 10 heteroatoms. The SMILES string of the molecule is CCCCCNC(=O)c1ccc(Cn2c(SCC(=O)Nc3nccs3)nc3ccccc3c2=O)cc1. The fourth-order valence-electron chi connectivity index (χ4n) is 3.59. The molecule has 2 N–H and O–H groups in total. The minimum Gasteiger partial charge on any atom is -0.352 e. The molecule has 0 atom stereocenters. The molecular formula is C26H27N5O3S2. The van der Waals surface area contributed by atoms with Crippen LogP contribution < -0.4 is 16.2 Å². The van der Waals surface area contributed by atoms with Crippen molar-refractivity contribution in [1.29, 1.82) is 0 Å². The number of anilines is 1. The second kappa shape index (κ2) is 12.5. The van der Waals surface area contributed by atoms with Crippen LogP contribution in [0.1, 0.15) is 42.1 Å². The number of nitrogens with zero attached hydrogens (tertiary/aromatic N) is 3. The number of nitrogens with one attached hydrogen (secondary N) is 2. The summed E-state index contributed by atoms with van der Waals surface area (Å²) >= 11 is 2.54. The highest BCUT2D eigenvalue weighted by atomic mass is 32.2. The van der Waals surface area contributed by atoms with Crippen molar-refractivity contribution in [1.82, 2.24) is 19.9 Å². The van der Waals surface area contributed by atoms with E-state index in [2.05, 4.69) is 27.5 Å². The van der Waals surface area contributed by atoms with Crippen LogP contribution in [0.25, 0.3) is 10.9 Å². The number of hydrogen-bond acceptors (Lipinski definition) is 7. The molecule has 2 aromatic carbocycles. The van der Waals surface area contributed by atoms with Crippen molar-refractivity contribution < 1.29 is 9.59 Å². The van der Waals surface area contributed by atoms with Gasteiger partial charge in [-0.25, -0.2) is 9.97 Å². The minimum absolute atomic E-state index is 0.0848. The molecule has 2 heterocycles. The molecule has 8 nitrogen and oxygen atoms in total. The normalized spacial score (nSPS) is 10.9. The van der Waals surface area contributed by atoms with Crippen molar-refractivity contribution >= 4 is 50.9 Å². The minimum atomic E-state index is -0.224. The number of amides is 2. The predicted molar refractivity (Wildman–Crippen MR) is 145 cm³/mol. The Balaban J connectivity index is 1.52. The Labute approximate surface area is 217 Å². The van der Waals surface area contributed by atoms with E-state index >= 15 is 0 Å². The quantitative estimate of drug-likeness (QED) is 0.170. The topological polar surface area (TPSA) is 106 Å². The van der Waals surface area contributed by atoms with Crippen LogP contribution in [0.15, 0.2) is 70.1 Å². The van der Waals surface area contributed by atoms with Crippen molar-refractivity contribution in [2.75, 3.05) is 17.6 Å². The van der Waals surface area contributed by atoms with Gasteiger partial charge in [0, 0.05) is 23.7 Å². The molecule has 2 amide bonds. The summed E-state index contributed by atoms with van der Waals surface area (Å²) in [6.07, 6.45) is 4.77. The fourth-order valence-corrected chi connectivity index (χ4v) is 4.93. The van der Waals surface area contributed by atoms with Crippen LogP contribution in [-0.4, -0.2) is 38.6 Å². The highest BCUT2D eigenvalue weighted by Crippen LogP contribution is 2.20. The number of thiazole rings is 1. The van der Waals surface area contributed by atoms with Gasteiger partial charge in [-0.1, -0.05) is 55.8 Å². The van der Waals surface area contributed by atoms with E-state index in [0.29, 0.717) is 33.3 Å². The molecule has 36 heavy (non-hydrogen) atoms. The zero-order chi connectivity index (χ0) is 25.3. The second-order valence-electron chi connectivity index (χ2n) is 8.14. The lowest BCUT2D eigenvalue weighted by atomic mass is 10.1. The van der Waals surface area contributed by atoms with Gasteiger partial charge in [0.25, 0.3) is 11.5 Å². The van der Waals surface area contributed by atoms with E-state index in [4.69, 9.17) is 0 Å². The van der Waals surface area contributed by atoms with Crippen LogP contribution >= 0.6 is 23.1 Å². The maximum atomic E-state index is 13.3. The zero-order valence-corrected chi connectivity index (χ0v) is 21.5. The Morgan fingerprint density at radius 2 is 1.89 bits per heavy atom. The van der Waals surface area contributed by atoms with E-state index in [1.165, 1.54) is 23.1 Å². The Bertz CT molecular complexity index is 1390. The van der Waals surface area contributed by atoms with Gasteiger partial charge < -0.3 is 10.6 Å². The van der Waals surface area contributed by atoms with Gasteiger partial charge in [-0.15, -0.1) is 11.3 Å². The number of carbonyl (C=O) groups is 2. The molecule has 4 aromatic rings. The molecule has 4 rings (SSSR count). The van der Waals surface area contributed by atoms with Crippen LogP contribution in [0.2, 0.25) is 0 Å². The van der Waals surface area contributed by atoms with E-state index < -0.39 is 0 Å². The number of aromatic nitrogens is 3. The number of hydrogen-bond donors (Lipinski definition) is 2. The first-order valence-electron chi connectivity index (χ1n) is 11.7. The van der Waals surface area contributed by atoms with Crippen molar-refractivity contribution in [3.8, 4) is 0 Å². The number of fused-ring (bicyclic) bond motifs is 1. The lowest BCUT2D eigenvalue weighted by Gasteiger charge is -2.13. The van der Waals surface area contributed by atoms with E-state index in [1.54, 1.807) is 46.5 Å². The van der Waals surface area contributed by atoms with Crippen LogP contribution in [0.4, 0.5) is 5.13 Å². The molecule has 0 saturated carbocycles. The van der Waals surface area contributed by atoms with Crippen LogP contribution in [0.3, 0.4) is 0 Å². The summed E-state index contributed by atoms with van der Waals surface area (Å²) in [5.74, 6) is -0.246. The third-order valence-corrected chi connectivity index (χ3v) is 7.13. The molecule has 0 bridgehead atoms. The summed E-state index contributed by atoms with van der Waals surface area (Å²) in [6.45, 7) is 3.05. The lowest BCUT2D eigenvalue weighted by Crippen LogP contribution is -2.25. The molecule has 0 aliphatic heterocycles. The van der Waals surface area contributed by atoms with Gasteiger partial charge in [-0.05, 0) is 36.2 Å². The Hall–Kier alpha value is -3.50. The summed E-state index contributed by atoms with van der Waals surface area (Å²) in [5, 5.41) is 8.95. The Kier molecular flexibility index (Phi) is 8.85. The molecule has 0 saturated heterocycles. The molecule has 2 aromatic heterocycles. The highest BCUT2D eigenvalue weighted by Gasteiger charge is 2.15. The van der Waals surface area contributed by atoms with E-state index in [9.17, 15) is 14.4 Å². The summed E-state index contributed by atoms with van der Waals surface area (Å²) in [6, 6.07) is 14.4. The number of thioether (sulfide) groups is 1. The monoisotopic (exact) mass is 521 g/mol. The van der Waals surface area contributed by atoms with Crippen LogP contribution in [0, 0.1) is 0 Å². The molecule has 0 radical (unpaired) electrons. The van der Waals surface area contributed by atoms with Crippen LogP contribution in [-0.2, 0) is 11.3 Å². The predicted octanol–water partition coefficient (Wildman–Crippen LogP) is 4.55. The maximum absolute atomic E-state index is 13.3. The first kappa shape index (κ1) is 25.6. The van der Waals surface area contributed by atoms with Crippen molar-refractivity contribution in [3.63, 3.8) is 0 Å². The molecule has 0 unspecified atom stereocenters. The average Bonchev–Trinajstić information content (AvgIpc) is 3.40. The lowest BCUT2D eigenvalue weighted by molar-refractivity contribution is -0.113. The molecule has 0 fully saturated rings. The Morgan fingerprint density at radius 1 is 1.08 bits per heavy atom. The first-order chi connectivity index (χ1) is 17.5. The average molecular weight is 522 g/mol. The van der Waals surface area contributed by atoms with Crippen molar-refractivity contribution in [2.45, 2.75) is 37.9 Å². The molecule has 186 valence electrons. The number of unbranched alkanes of at least 4 members (excludes halogenated alkanes) is 2. The fraction of sp³-hybridized carbons (Fsp3) is 0.269. The van der Waals surface area contributed by atoms with E-state index in [-0.39, 0.29) is 29.7 Å². The van der Waals surface area contributed by atoms with Crippen LogP contribution in [0.5, 0.6) is 0 Å². The summed E-state index contributed by atoms with van der Waals surface area (Å²) in [7, 11) is 0. The van der Waals surface area contributed by atoms with Gasteiger partial charge in [0.2, 0.25) is 5.91 Å². The van der Waals surface area contributed by atoms with Crippen molar-refractivity contribution in [2.24, 2.45) is 0 Å². The second-order valence-corrected chi connectivity index (χ2v) is 9.97. The van der Waals surface area contributed by atoms with Crippen molar-refractivity contribution in [3.05, 3.63) is 81.6 Å². The number of rotatable bonds is 11. The summed E-state index contributed by atoms with van der Waals surface area (Å²) < 4.78 is 1.57. The first-order valence-corrected chi connectivity index (χ1v) is 13.6. The molecular weight excluding hydrogens is 494 g/mol. The molecule has 0 aliphatic carbocycles. The molecule has 0 spiro atoms. The summed E-state index contributed by atoms with van der Waals surface area (Å²) in [4.78, 5) is 46.8. The summed E-state index contributed by atoms with van der Waals surface area (Å²) in [5.41, 5.74) is 1.83. The third-order valence-electron chi connectivity index (χ3n) is 5.46. The maximum Gasteiger partial charge on any atom is 0.262 e. The molecule has 0 aliphatic rings.